The SMILES string of the molecule is COC(=O)CC[Te]C. The molecule has 0 bridgehead atoms. The van der Waals surface area contributed by atoms with Crippen molar-refractivity contribution in [3.63, 3.8) is 0 Å². The van der Waals surface area contributed by atoms with Gasteiger partial charge in [0.15, 0.2) is 0 Å². The summed E-state index contributed by atoms with van der Waals surface area (Å²) < 4.78 is 5.50. The van der Waals surface area contributed by atoms with Gasteiger partial charge < -0.3 is 0 Å². The Morgan fingerprint density at radius 1 is 1.75 bits per heavy atom. The minimum absolute atomic E-state index is 0.0723. The molecule has 0 aromatic rings. The van der Waals surface area contributed by atoms with Gasteiger partial charge >= 0.3 is 59.4 Å². The van der Waals surface area contributed by atoms with Crippen LogP contribution in [0.4, 0.5) is 0 Å². The first-order valence-corrected chi connectivity index (χ1v) is 6.35. The van der Waals surface area contributed by atoms with Gasteiger partial charge in [-0.3, -0.25) is 0 Å². The van der Waals surface area contributed by atoms with Crippen LogP contribution in [-0.2, 0) is 9.53 Å². The Balaban J connectivity index is 2.99. The first kappa shape index (κ1) is 8.26. The Labute approximate surface area is 59.7 Å². The first-order valence-electron chi connectivity index (χ1n) is 2.37. The third-order valence-corrected chi connectivity index (χ3v) is 2.49. The zero-order chi connectivity index (χ0) is 6.41. The molecule has 0 saturated heterocycles. The van der Waals surface area contributed by atoms with E-state index in [9.17, 15) is 4.79 Å². The summed E-state index contributed by atoms with van der Waals surface area (Å²) in [5, 5.41) is 0. The van der Waals surface area contributed by atoms with Crippen LogP contribution in [0.5, 0.6) is 0 Å². The zero-order valence-electron chi connectivity index (χ0n) is 5.14. The maximum absolute atomic E-state index is 10.4. The van der Waals surface area contributed by atoms with Crippen LogP contribution in [0.15, 0.2) is 0 Å². The summed E-state index contributed by atoms with van der Waals surface area (Å²) in [6.07, 6.45) is 0.620. The maximum atomic E-state index is 10.4. The average molecular weight is 230 g/mol. The van der Waals surface area contributed by atoms with Crippen LogP contribution < -0.4 is 0 Å². The third kappa shape index (κ3) is 4.42. The van der Waals surface area contributed by atoms with Crippen molar-refractivity contribution in [1.82, 2.24) is 0 Å². The van der Waals surface area contributed by atoms with E-state index >= 15 is 0 Å². The van der Waals surface area contributed by atoms with E-state index in [-0.39, 0.29) is 26.9 Å². The van der Waals surface area contributed by atoms with Gasteiger partial charge in [0.25, 0.3) is 0 Å². The van der Waals surface area contributed by atoms with E-state index in [1.54, 1.807) is 0 Å². The topological polar surface area (TPSA) is 26.3 Å². The zero-order valence-corrected chi connectivity index (χ0v) is 7.47. The van der Waals surface area contributed by atoms with Crippen LogP contribution in [0.1, 0.15) is 6.42 Å². The molecule has 0 aliphatic carbocycles. The summed E-state index contributed by atoms with van der Waals surface area (Å²) in [6.45, 7) is 0. The van der Waals surface area contributed by atoms with Gasteiger partial charge in [0, 0.05) is 0 Å². The molecule has 0 aliphatic heterocycles. The van der Waals surface area contributed by atoms with E-state index in [0.717, 1.165) is 4.47 Å². The minimum atomic E-state index is -0.0723. The van der Waals surface area contributed by atoms with Crippen molar-refractivity contribution in [3.8, 4) is 0 Å². The number of carbonyl (C=O) groups is 1. The molecule has 0 aromatic carbocycles. The van der Waals surface area contributed by atoms with Crippen LogP contribution in [0.25, 0.3) is 0 Å². The molecule has 0 aliphatic rings. The Kier molecular flexibility index (Phi) is 5.57. The molecular weight excluding hydrogens is 220 g/mol. The average Bonchev–Trinajstić information content (AvgIpc) is 1.83. The van der Waals surface area contributed by atoms with Crippen molar-refractivity contribution in [2.45, 2.75) is 15.9 Å². The quantitative estimate of drug-likeness (QED) is 0.527. The number of esters is 1. The van der Waals surface area contributed by atoms with Crippen LogP contribution >= 0.6 is 0 Å². The second kappa shape index (κ2) is 5.40. The molecule has 3 heteroatoms. The predicted octanol–water partition coefficient (Wildman–Crippen LogP) is 0.720. The summed E-state index contributed by atoms with van der Waals surface area (Å²) in [5.74, 6) is -0.0723. The van der Waals surface area contributed by atoms with Gasteiger partial charge in [-0.15, -0.1) is 0 Å². The second-order valence-corrected chi connectivity index (χ2v) is 4.13. The number of hydrogen-bond donors (Lipinski definition) is 0. The summed E-state index contributed by atoms with van der Waals surface area (Å²) in [6, 6.07) is 0. The standard InChI is InChI=1S/C5H10O2Te/c1-7-5(6)3-4-8-2/h3-4H2,1-2H3. The molecule has 0 amide bonds. The van der Waals surface area contributed by atoms with Gasteiger partial charge in [-0.05, 0) is 0 Å². The normalized spacial score (nSPS) is 8.75. The molecule has 0 N–H and O–H groups in total. The fraction of sp³-hybridized carbons (Fsp3) is 0.800. The van der Waals surface area contributed by atoms with E-state index in [0.29, 0.717) is 6.42 Å². The number of hydrogen-bond acceptors (Lipinski definition) is 2. The van der Waals surface area contributed by atoms with E-state index in [4.69, 9.17) is 0 Å². The van der Waals surface area contributed by atoms with Crippen molar-refractivity contribution < 1.29 is 9.53 Å². The Bertz CT molecular complexity index is 72.8. The van der Waals surface area contributed by atoms with Crippen LogP contribution in [-0.4, -0.2) is 34.0 Å². The first-order chi connectivity index (χ1) is 3.81. The van der Waals surface area contributed by atoms with Crippen molar-refractivity contribution in [2.24, 2.45) is 0 Å². The molecule has 0 heterocycles. The monoisotopic (exact) mass is 232 g/mol. The second-order valence-electron chi connectivity index (χ2n) is 1.32. The van der Waals surface area contributed by atoms with Gasteiger partial charge in [0.05, 0.1) is 0 Å². The van der Waals surface area contributed by atoms with Crippen molar-refractivity contribution in [2.75, 3.05) is 7.11 Å². The third-order valence-electron chi connectivity index (χ3n) is 0.738. The summed E-state index contributed by atoms with van der Waals surface area (Å²) in [5.41, 5.74) is 0. The summed E-state index contributed by atoms with van der Waals surface area (Å²) in [7, 11) is 1.43. The molecule has 0 atom stereocenters. The molecular formula is C5H10O2Te. The van der Waals surface area contributed by atoms with Gasteiger partial charge in [-0.25, -0.2) is 0 Å². The van der Waals surface area contributed by atoms with Gasteiger partial charge in [0.1, 0.15) is 0 Å². The Hall–Kier alpha value is 0.260. The van der Waals surface area contributed by atoms with Crippen molar-refractivity contribution >= 4 is 26.9 Å². The van der Waals surface area contributed by atoms with E-state index in [1.807, 2.05) is 0 Å². The molecule has 0 fully saturated rings. The van der Waals surface area contributed by atoms with Gasteiger partial charge in [-0.1, -0.05) is 0 Å². The molecule has 0 aromatic heterocycles. The molecule has 0 radical (unpaired) electrons. The van der Waals surface area contributed by atoms with Gasteiger partial charge in [-0.2, -0.15) is 0 Å². The molecule has 2 nitrogen and oxygen atoms in total. The molecule has 8 heavy (non-hydrogen) atoms. The molecule has 48 valence electrons. The number of methoxy groups -OCH3 is 1. The number of ether oxygens (including phenoxy) is 1. The molecule has 0 unspecified atom stereocenters. The number of rotatable bonds is 3. The summed E-state index contributed by atoms with van der Waals surface area (Å²) >= 11 is 0.124. The van der Waals surface area contributed by atoms with Crippen molar-refractivity contribution in [3.05, 3.63) is 0 Å². The Morgan fingerprint density at radius 2 is 2.38 bits per heavy atom. The molecule has 0 saturated carbocycles. The molecule has 0 spiro atoms. The van der Waals surface area contributed by atoms with Crippen LogP contribution in [0.3, 0.4) is 0 Å². The van der Waals surface area contributed by atoms with Crippen LogP contribution in [0, 0.1) is 0 Å². The fourth-order valence-electron chi connectivity index (χ4n) is 0.287. The van der Waals surface area contributed by atoms with Crippen molar-refractivity contribution in [1.29, 1.82) is 0 Å². The predicted molar refractivity (Wildman–Crippen MR) is 33.1 cm³/mol. The van der Waals surface area contributed by atoms with E-state index < -0.39 is 0 Å². The van der Waals surface area contributed by atoms with Crippen LogP contribution in [0.2, 0.25) is 9.44 Å². The summed E-state index contributed by atoms with van der Waals surface area (Å²) in [4.78, 5) is 12.5. The molecule has 0 rings (SSSR count). The Morgan fingerprint density at radius 3 is 2.75 bits per heavy atom. The fourth-order valence-corrected chi connectivity index (χ4v) is 1.35. The number of carbonyl (C=O) groups excluding carboxylic acids is 1. The van der Waals surface area contributed by atoms with E-state index in [2.05, 4.69) is 9.71 Å². The van der Waals surface area contributed by atoms with Gasteiger partial charge in [0.2, 0.25) is 0 Å². The van der Waals surface area contributed by atoms with E-state index in [1.165, 1.54) is 7.11 Å².